The predicted octanol–water partition coefficient (Wildman–Crippen LogP) is 3.38. The van der Waals surface area contributed by atoms with Crippen LogP contribution in [0.5, 0.6) is 5.75 Å². The van der Waals surface area contributed by atoms with Crippen LogP contribution in [0.1, 0.15) is 44.2 Å². The second-order valence-electron chi connectivity index (χ2n) is 4.91. The summed E-state index contributed by atoms with van der Waals surface area (Å²) in [5.41, 5.74) is 2.41. The van der Waals surface area contributed by atoms with E-state index < -0.39 is 6.10 Å². The van der Waals surface area contributed by atoms with Gasteiger partial charge in [-0.2, -0.15) is 0 Å². The van der Waals surface area contributed by atoms with E-state index in [-0.39, 0.29) is 5.91 Å². The van der Waals surface area contributed by atoms with Gasteiger partial charge in [-0.1, -0.05) is 26.3 Å². The van der Waals surface area contributed by atoms with Gasteiger partial charge < -0.3 is 10.1 Å². The van der Waals surface area contributed by atoms with Crippen molar-refractivity contribution in [3.8, 4) is 5.75 Å². The molecule has 0 radical (unpaired) electrons. The Labute approximate surface area is 116 Å². The lowest BCUT2D eigenvalue weighted by atomic mass is 10.1. The van der Waals surface area contributed by atoms with Gasteiger partial charge in [-0.05, 0) is 49.9 Å². The molecular weight excluding hydrogens is 238 g/mol. The van der Waals surface area contributed by atoms with Gasteiger partial charge in [0, 0.05) is 6.54 Å². The van der Waals surface area contributed by atoms with E-state index >= 15 is 0 Å². The van der Waals surface area contributed by atoms with Gasteiger partial charge in [0.05, 0.1) is 0 Å². The molecule has 1 aromatic carbocycles. The van der Waals surface area contributed by atoms with Crippen LogP contribution in [0, 0.1) is 13.8 Å². The summed E-state index contributed by atoms with van der Waals surface area (Å²) in [6.07, 6.45) is 2.35. The Kier molecular flexibility index (Phi) is 6.40. The minimum Gasteiger partial charge on any atom is -0.481 e. The van der Waals surface area contributed by atoms with E-state index in [1.807, 2.05) is 32.0 Å². The van der Waals surface area contributed by atoms with Crippen LogP contribution >= 0.6 is 0 Å². The topological polar surface area (TPSA) is 38.3 Å². The predicted molar refractivity (Wildman–Crippen MR) is 78.5 cm³/mol. The summed E-state index contributed by atoms with van der Waals surface area (Å²) in [5.74, 6) is 0.745. The number of hydrogen-bond donors (Lipinski definition) is 1. The highest BCUT2D eigenvalue weighted by Crippen LogP contribution is 2.18. The molecule has 0 saturated heterocycles. The number of benzene rings is 1. The first-order chi connectivity index (χ1) is 9.08. The first-order valence-corrected chi connectivity index (χ1v) is 7.10. The summed E-state index contributed by atoms with van der Waals surface area (Å²) < 4.78 is 5.78. The standard InChI is InChI=1S/C16H25NO2/c1-5-7-10-17-16(18)15(6-2)19-14-9-8-12(3)13(4)11-14/h8-9,11,15H,5-7,10H2,1-4H3,(H,17,18). The van der Waals surface area contributed by atoms with Crippen LogP contribution in [0.4, 0.5) is 0 Å². The molecule has 0 aliphatic carbocycles. The molecule has 0 fully saturated rings. The molecule has 1 aromatic rings. The highest BCUT2D eigenvalue weighted by Gasteiger charge is 2.17. The monoisotopic (exact) mass is 263 g/mol. The van der Waals surface area contributed by atoms with Gasteiger partial charge in [0.25, 0.3) is 5.91 Å². The van der Waals surface area contributed by atoms with Crippen LogP contribution in [-0.2, 0) is 4.79 Å². The van der Waals surface area contributed by atoms with Crippen molar-refractivity contribution in [3.05, 3.63) is 29.3 Å². The van der Waals surface area contributed by atoms with Crippen molar-refractivity contribution in [1.29, 1.82) is 0 Å². The number of amides is 1. The van der Waals surface area contributed by atoms with Crippen LogP contribution in [0.3, 0.4) is 0 Å². The lowest BCUT2D eigenvalue weighted by Gasteiger charge is -2.18. The number of aryl methyl sites for hydroxylation is 2. The van der Waals surface area contributed by atoms with E-state index in [4.69, 9.17) is 4.74 Å². The largest absolute Gasteiger partial charge is 0.481 e. The average Bonchev–Trinajstić information content (AvgIpc) is 2.40. The molecule has 0 spiro atoms. The molecule has 0 aliphatic rings. The Morgan fingerprint density at radius 3 is 2.58 bits per heavy atom. The number of nitrogens with one attached hydrogen (secondary N) is 1. The second kappa shape index (κ2) is 7.82. The van der Waals surface area contributed by atoms with E-state index in [1.54, 1.807) is 0 Å². The van der Waals surface area contributed by atoms with E-state index in [9.17, 15) is 4.79 Å². The summed E-state index contributed by atoms with van der Waals surface area (Å²) in [4.78, 5) is 12.0. The lowest BCUT2D eigenvalue weighted by Crippen LogP contribution is -2.38. The third-order valence-electron chi connectivity index (χ3n) is 3.25. The summed E-state index contributed by atoms with van der Waals surface area (Å²) in [6, 6.07) is 5.92. The molecule has 0 saturated carbocycles. The van der Waals surface area contributed by atoms with Crippen LogP contribution in [0.2, 0.25) is 0 Å². The van der Waals surface area contributed by atoms with Crippen LogP contribution in [0.15, 0.2) is 18.2 Å². The van der Waals surface area contributed by atoms with Crippen molar-refractivity contribution in [3.63, 3.8) is 0 Å². The fourth-order valence-corrected chi connectivity index (χ4v) is 1.78. The van der Waals surface area contributed by atoms with Gasteiger partial charge in [-0.15, -0.1) is 0 Å². The maximum absolute atomic E-state index is 12.0. The average molecular weight is 263 g/mol. The van der Waals surface area contributed by atoms with Crippen molar-refractivity contribution >= 4 is 5.91 Å². The summed E-state index contributed by atoms with van der Waals surface area (Å²) >= 11 is 0. The molecule has 3 heteroatoms. The maximum Gasteiger partial charge on any atom is 0.261 e. The molecule has 0 aromatic heterocycles. The van der Waals surface area contributed by atoms with Crippen molar-refractivity contribution in [2.45, 2.75) is 53.1 Å². The summed E-state index contributed by atoms with van der Waals surface area (Å²) in [5, 5.41) is 2.92. The van der Waals surface area contributed by atoms with Gasteiger partial charge in [-0.3, -0.25) is 4.79 Å². The van der Waals surface area contributed by atoms with Gasteiger partial charge >= 0.3 is 0 Å². The van der Waals surface area contributed by atoms with Crippen LogP contribution in [-0.4, -0.2) is 18.6 Å². The first-order valence-electron chi connectivity index (χ1n) is 7.10. The first kappa shape index (κ1) is 15.5. The van der Waals surface area contributed by atoms with Crippen molar-refractivity contribution in [2.75, 3.05) is 6.54 Å². The van der Waals surface area contributed by atoms with Crippen LogP contribution < -0.4 is 10.1 Å². The molecule has 1 rings (SSSR count). The fourth-order valence-electron chi connectivity index (χ4n) is 1.78. The zero-order valence-corrected chi connectivity index (χ0v) is 12.5. The van der Waals surface area contributed by atoms with Gasteiger partial charge in [0.1, 0.15) is 5.75 Å². The third kappa shape index (κ3) is 4.93. The zero-order chi connectivity index (χ0) is 14.3. The van der Waals surface area contributed by atoms with Gasteiger partial charge in [0.15, 0.2) is 6.10 Å². The van der Waals surface area contributed by atoms with E-state index in [1.165, 1.54) is 11.1 Å². The molecule has 0 heterocycles. The Balaban J connectivity index is 2.60. The van der Waals surface area contributed by atoms with Gasteiger partial charge in [-0.25, -0.2) is 0 Å². The third-order valence-corrected chi connectivity index (χ3v) is 3.25. The Morgan fingerprint density at radius 2 is 2.00 bits per heavy atom. The Morgan fingerprint density at radius 1 is 1.26 bits per heavy atom. The van der Waals surface area contributed by atoms with Gasteiger partial charge in [0.2, 0.25) is 0 Å². The highest BCUT2D eigenvalue weighted by molar-refractivity contribution is 5.81. The molecule has 1 amide bonds. The number of ether oxygens (including phenoxy) is 1. The quantitative estimate of drug-likeness (QED) is 0.766. The van der Waals surface area contributed by atoms with Crippen molar-refractivity contribution in [2.24, 2.45) is 0 Å². The molecular formula is C16H25NO2. The normalized spacial score (nSPS) is 12.0. The summed E-state index contributed by atoms with van der Waals surface area (Å²) in [6.45, 7) is 8.90. The smallest absolute Gasteiger partial charge is 0.261 e. The van der Waals surface area contributed by atoms with E-state index in [2.05, 4.69) is 19.2 Å². The minimum absolute atomic E-state index is 0.0193. The SMILES string of the molecule is CCCCNC(=O)C(CC)Oc1ccc(C)c(C)c1. The van der Waals surface area contributed by atoms with Crippen LogP contribution in [0.25, 0.3) is 0 Å². The minimum atomic E-state index is -0.404. The molecule has 1 atom stereocenters. The lowest BCUT2D eigenvalue weighted by molar-refractivity contribution is -0.128. The zero-order valence-electron chi connectivity index (χ0n) is 12.5. The molecule has 3 nitrogen and oxygen atoms in total. The fraction of sp³-hybridized carbons (Fsp3) is 0.562. The maximum atomic E-state index is 12.0. The molecule has 1 N–H and O–H groups in total. The Bertz CT molecular complexity index is 415. The number of carbonyl (C=O) groups is 1. The summed E-state index contributed by atoms with van der Waals surface area (Å²) in [7, 11) is 0. The van der Waals surface area contributed by atoms with E-state index in [0.29, 0.717) is 6.42 Å². The second-order valence-corrected chi connectivity index (χ2v) is 4.91. The Hall–Kier alpha value is -1.51. The molecule has 19 heavy (non-hydrogen) atoms. The molecule has 1 unspecified atom stereocenters. The number of unbranched alkanes of at least 4 members (excludes halogenated alkanes) is 1. The highest BCUT2D eigenvalue weighted by atomic mass is 16.5. The van der Waals surface area contributed by atoms with Crippen molar-refractivity contribution < 1.29 is 9.53 Å². The number of hydrogen-bond acceptors (Lipinski definition) is 2. The molecule has 106 valence electrons. The molecule has 0 bridgehead atoms. The number of carbonyl (C=O) groups excluding carboxylic acids is 1. The molecule has 0 aliphatic heterocycles. The van der Waals surface area contributed by atoms with Crippen molar-refractivity contribution in [1.82, 2.24) is 5.32 Å². The number of rotatable bonds is 7. The van der Waals surface area contributed by atoms with E-state index in [0.717, 1.165) is 25.1 Å².